The molecule has 2 N–H and O–H groups in total. The molecule has 0 aliphatic rings. The van der Waals surface area contributed by atoms with Crippen LogP contribution in [0.5, 0.6) is 5.75 Å². The summed E-state index contributed by atoms with van der Waals surface area (Å²) in [4.78, 5) is 33.4. The number of aliphatic imine (C=N–C) groups is 1. The van der Waals surface area contributed by atoms with Crippen LogP contribution in [0.4, 0.5) is 29.3 Å². The average molecular weight is 655 g/mol. The zero-order chi connectivity index (χ0) is 33.3. The number of rotatable bonds is 10. The normalized spacial score (nSPS) is 12.5. The van der Waals surface area contributed by atoms with Crippen LogP contribution in [-0.4, -0.2) is 44.2 Å². The molecule has 0 radical (unpaired) electrons. The molecule has 4 aromatic rings. The second kappa shape index (κ2) is 15.4. The lowest BCUT2D eigenvalue weighted by atomic mass is 9.97. The fourth-order valence-electron chi connectivity index (χ4n) is 4.05. The van der Waals surface area contributed by atoms with Gasteiger partial charge in [-0.15, -0.1) is 18.3 Å². The minimum absolute atomic E-state index is 0.0263. The summed E-state index contributed by atoms with van der Waals surface area (Å²) < 4.78 is 47.9. The minimum Gasteiger partial charge on any atom is -0.454 e. The summed E-state index contributed by atoms with van der Waals surface area (Å²) in [6.45, 7) is 7.68. The molecule has 4 rings (SSSR count). The number of benzene rings is 3. The number of nitrogens with one attached hydrogen (secondary N) is 2. The lowest BCUT2D eigenvalue weighted by molar-refractivity contribution is -0.274. The van der Waals surface area contributed by atoms with E-state index in [0.29, 0.717) is 22.8 Å². The number of carbonyl (C=O) groups excluding carboxylic acids is 2. The molecule has 14 heteroatoms. The number of ether oxygens (including phenoxy) is 2. The number of esters is 1. The van der Waals surface area contributed by atoms with Gasteiger partial charge in [0.05, 0.1) is 11.6 Å². The molecule has 0 saturated heterocycles. The Morgan fingerprint density at radius 1 is 0.978 bits per heavy atom. The number of nitrogens with zero attached hydrogens (tertiary/aromatic N) is 4. The molecule has 0 fully saturated rings. The van der Waals surface area contributed by atoms with Gasteiger partial charge in [-0.3, -0.25) is 4.79 Å². The monoisotopic (exact) mass is 654 g/mol. The van der Waals surface area contributed by atoms with E-state index < -0.39 is 12.4 Å². The van der Waals surface area contributed by atoms with Gasteiger partial charge in [0.15, 0.2) is 11.0 Å². The number of amidine groups is 1. The van der Waals surface area contributed by atoms with Gasteiger partial charge in [-0.25, -0.2) is 14.5 Å². The molecular formula is C32H33F3N6O4S. The van der Waals surface area contributed by atoms with Crippen LogP contribution in [0.15, 0.2) is 84.1 Å². The number of aromatic nitrogens is 3. The number of halogens is 3. The van der Waals surface area contributed by atoms with Gasteiger partial charge in [0.1, 0.15) is 18.0 Å². The summed E-state index contributed by atoms with van der Waals surface area (Å²) in [6.07, 6.45) is -2.42. The summed E-state index contributed by atoms with van der Waals surface area (Å²) in [5.41, 5.74) is 3.46. The summed E-state index contributed by atoms with van der Waals surface area (Å²) in [5, 5.41) is 10.6. The number of carbonyl (C=O) groups is 2. The Balaban J connectivity index is 1.44. The molecule has 0 bridgehead atoms. The van der Waals surface area contributed by atoms with Crippen molar-refractivity contribution >= 4 is 40.3 Å². The molecule has 2 amide bonds. The van der Waals surface area contributed by atoms with Gasteiger partial charge in [0, 0.05) is 16.9 Å². The topological polar surface area (TPSA) is 120 Å². The first-order valence-corrected chi connectivity index (χ1v) is 15.3. The smallest absolute Gasteiger partial charge is 0.454 e. The van der Waals surface area contributed by atoms with Gasteiger partial charge < -0.3 is 20.1 Å². The predicted molar refractivity (Wildman–Crippen MR) is 172 cm³/mol. The Morgan fingerprint density at radius 3 is 2.33 bits per heavy atom. The Labute approximate surface area is 268 Å². The van der Waals surface area contributed by atoms with E-state index in [4.69, 9.17) is 4.74 Å². The Kier molecular flexibility index (Phi) is 11.4. The predicted octanol–water partition coefficient (Wildman–Crippen LogP) is 8.24. The number of para-hydroxylation sites is 1. The van der Waals surface area contributed by atoms with Gasteiger partial charge in [-0.05, 0) is 84.3 Å². The van der Waals surface area contributed by atoms with E-state index in [1.165, 1.54) is 35.3 Å². The summed E-state index contributed by atoms with van der Waals surface area (Å²) >= 11 is 1.09. The largest absolute Gasteiger partial charge is 0.573 e. The second-order valence-electron chi connectivity index (χ2n) is 10.4. The maximum Gasteiger partial charge on any atom is 0.573 e. The van der Waals surface area contributed by atoms with Crippen molar-refractivity contribution in [2.24, 2.45) is 10.9 Å². The molecule has 1 unspecified atom stereocenters. The van der Waals surface area contributed by atoms with E-state index in [1.54, 1.807) is 38.1 Å². The van der Waals surface area contributed by atoms with Gasteiger partial charge in [0.2, 0.25) is 0 Å². The van der Waals surface area contributed by atoms with E-state index in [-0.39, 0.29) is 34.7 Å². The van der Waals surface area contributed by atoms with E-state index >= 15 is 0 Å². The molecule has 1 heterocycles. The highest BCUT2D eigenvalue weighted by atomic mass is 32.2. The maximum atomic E-state index is 13.0. The molecular weight excluding hydrogens is 621 g/mol. The third-order valence-corrected chi connectivity index (χ3v) is 7.34. The van der Waals surface area contributed by atoms with Crippen molar-refractivity contribution in [1.82, 2.24) is 14.8 Å². The zero-order valence-electron chi connectivity index (χ0n) is 25.5. The van der Waals surface area contributed by atoms with Crippen molar-refractivity contribution in [2.45, 2.75) is 46.4 Å². The van der Waals surface area contributed by atoms with E-state index in [0.717, 1.165) is 29.4 Å². The van der Waals surface area contributed by atoms with E-state index in [1.807, 2.05) is 24.3 Å². The van der Waals surface area contributed by atoms with Crippen molar-refractivity contribution < 1.29 is 32.2 Å². The lowest BCUT2D eigenvalue weighted by Gasteiger charge is -2.17. The van der Waals surface area contributed by atoms with Crippen molar-refractivity contribution in [3.05, 3.63) is 84.7 Å². The molecule has 0 spiro atoms. The van der Waals surface area contributed by atoms with Crippen LogP contribution in [0.1, 0.15) is 45.6 Å². The first-order chi connectivity index (χ1) is 21.9. The molecule has 0 saturated carbocycles. The Morgan fingerprint density at radius 2 is 1.67 bits per heavy atom. The van der Waals surface area contributed by atoms with Crippen molar-refractivity contribution in [3.63, 3.8) is 0 Å². The maximum absolute atomic E-state index is 13.0. The summed E-state index contributed by atoms with van der Waals surface area (Å²) in [5.74, 6) is -0.384. The number of thioether (sulfide) groups is 1. The molecule has 1 atom stereocenters. The number of alkyl halides is 3. The summed E-state index contributed by atoms with van der Waals surface area (Å²) in [7, 11) is 0. The average Bonchev–Trinajstić information content (AvgIpc) is 3.51. The first kappa shape index (κ1) is 34.0. The Hall–Kier alpha value is -4.85. The first-order valence-electron chi connectivity index (χ1n) is 14.3. The van der Waals surface area contributed by atoms with Crippen molar-refractivity contribution in [3.8, 4) is 22.8 Å². The number of urea groups is 1. The number of hydrogen-bond donors (Lipinski definition) is 2. The lowest BCUT2D eigenvalue weighted by Crippen LogP contribution is -2.18. The molecule has 242 valence electrons. The standard InChI is InChI=1S/C32H33F3N6O4S/c1-5-21(4)26-8-6-7-9-27(26)38-31(46-19-44-29(42)20(2)3)39-30(43)37-23-12-10-22(11-13-23)28-36-18-41(40-28)24-14-16-25(17-15-24)45-32(33,34)35/h6-18,20-21H,5,19H2,1-4H3,(H2,37,38,39,43). The fourth-order valence-corrected chi connectivity index (χ4v) is 4.66. The van der Waals surface area contributed by atoms with E-state index in [9.17, 15) is 22.8 Å². The van der Waals surface area contributed by atoms with Crippen LogP contribution >= 0.6 is 11.8 Å². The number of anilines is 2. The number of amides is 2. The van der Waals surface area contributed by atoms with E-state index in [2.05, 4.69) is 44.3 Å². The molecule has 0 aliphatic heterocycles. The fraction of sp³-hybridized carbons (Fsp3) is 0.281. The van der Waals surface area contributed by atoms with Gasteiger partial charge >= 0.3 is 18.4 Å². The van der Waals surface area contributed by atoms with Crippen molar-refractivity contribution in [2.75, 3.05) is 16.6 Å². The summed E-state index contributed by atoms with van der Waals surface area (Å²) in [6, 6.07) is 19.1. The van der Waals surface area contributed by atoms with Gasteiger partial charge in [-0.1, -0.05) is 45.9 Å². The third-order valence-electron chi connectivity index (χ3n) is 6.64. The molecule has 10 nitrogen and oxygen atoms in total. The minimum atomic E-state index is -4.78. The molecule has 0 aliphatic carbocycles. The zero-order valence-corrected chi connectivity index (χ0v) is 26.4. The van der Waals surface area contributed by atoms with Crippen LogP contribution in [0.25, 0.3) is 17.1 Å². The van der Waals surface area contributed by atoms with Crippen LogP contribution < -0.4 is 15.4 Å². The van der Waals surface area contributed by atoms with Crippen LogP contribution in [0.3, 0.4) is 0 Å². The number of hydrogen-bond acceptors (Lipinski definition) is 7. The molecule has 46 heavy (non-hydrogen) atoms. The SMILES string of the molecule is CCC(C)c1ccccc1N/C(=N\C(=O)Nc1ccc(-c2ncn(-c3ccc(OC(F)(F)F)cc3)n2)cc1)SCOC(=O)C(C)C. The van der Waals surface area contributed by atoms with Crippen LogP contribution in [0.2, 0.25) is 0 Å². The molecule has 3 aromatic carbocycles. The third kappa shape index (κ3) is 9.83. The second-order valence-corrected chi connectivity index (χ2v) is 11.3. The van der Waals surface area contributed by atoms with Crippen molar-refractivity contribution in [1.29, 1.82) is 0 Å². The quantitative estimate of drug-likeness (QED) is 0.0760. The Bertz CT molecular complexity index is 1660. The highest BCUT2D eigenvalue weighted by molar-refractivity contribution is 8.14. The molecule has 1 aromatic heterocycles. The van der Waals surface area contributed by atoms with Gasteiger partial charge in [-0.2, -0.15) is 4.99 Å². The highest BCUT2D eigenvalue weighted by Crippen LogP contribution is 2.28. The van der Waals surface area contributed by atoms with Crippen LogP contribution in [-0.2, 0) is 9.53 Å². The highest BCUT2D eigenvalue weighted by Gasteiger charge is 2.31. The van der Waals surface area contributed by atoms with Gasteiger partial charge in [0.25, 0.3) is 0 Å². The van der Waals surface area contributed by atoms with Crippen LogP contribution in [0, 0.1) is 5.92 Å².